The summed E-state index contributed by atoms with van der Waals surface area (Å²) in [5.74, 6) is -12.0. The molecule has 1 N–H and O–H groups in total. The van der Waals surface area contributed by atoms with Crippen LogP contribution in [0.15, 0.2) is 29.6 Å². The number of carbonyl (C=O) groups is 1. The highest BCUT2D eigenvalue weighted by atomic mass is 32.1. The Morgan fingerprint density at radius 2 is 1.52 bits per heavy atom. The van der Waals surface area contributed by atoms with Gasteiger partial charge in [-0.25, -0.2) is 26.9 Å². The van der Waals surface area contributed by atoms with Crippen LogP contribution in [0.3, 0.4) is 0 Å². The predicted molar refractivity (Wildman–Crippen MR) is 88.3 cm³/mol. The molecule has 0 radical (unpaired) electrons. The van der Waals surface area contributed by atoms with Crippen molar-refractivity contribution in [2.45, 2.75) is 0 Å². The van der Waals surface area contributed by atoms with Crippen molar-refractivity contribution in [3.05, 3.63) is 64.3 Å². The van der Waals surface area contributed by atoms with Crippen molar-refractivity contribution in [3.8, 4) is 17.0 Å². The molecule has 0 bridgehead atoms. The second-order valence-electron chi connectivity index (χ2n) is 5.17. The van der Waals surface area contributed by atoms with Crippen LogP contribution in [-0.4, -0.2) is 18.0 Å². The molecule has 3 aromatic rings. The first kappa shape index (κ1) is 18.8. The van der Waals surface area contributed by atoms with Crippen molar-refractivity contribution in [1.29, 1.82) is 0 Å². The second-order valence-corrected chi connectivity index (χ2v) is 6.02. The van der Waals surface area contributed by atoms with Crippen LogP contribution in [0.2, 0.25) is 0 Å². The Morgan fingerprint density at radius 1 is 0.963 bits per heavy atom. The fourth-order valence-electron chi connectivity index (χ4n) is 2.19. The maximum Gasteiger partial charge on any atom is 0.263 e. The molecule has 1 amide bonds. The van der Waals surface area contributed by atoms with Gasteiger partial charge < -0.3 is 4.74 Å². The molecule has 0 unspecified atom stereocenters. The highest BCUT2D eigenvalue weighted by Crippen LogP contribution is 2.28. The highest BCUT2D eigenvalue weighted by molar-refractivity contribution is 7.14. The molecule has 1 heterocycles. The molecule has 4 nitrogen and oxygen atoms in total. The Kier molecular flexibility index (Phi) is 5.08. The number of ether oxygens (including phenoxy) is 1. The number of benzene rings is 2. The third kappa shape index (κ3) is 3.47. The van der Waals surface area contributed by atoms with E-state index < -0.39 is 40.6 Å². The van der Waals surface area contributed by atoms with Gasteiger partial charge in [0.05, 0.1) is 12.8 Å². The molecule has 0 fully saturated rings. The number of aromatic nitrogens is 1. The molecule has 3 rings (SSSR count). The first-order valence-corrected chi connectivity index (χ1v) is 8.14. The number of methoxy groups -OCH3 is 1. The molecule has 0 aliphatic heterocycles. The lowest BCUT2D eigenvalue weighted by Gasteiger charge is -2.07. The summed E-state index contributed by atoms with van der Waals surface area (Å²) in [7, 11) is 1.50. The molecule has 0 saturated carbocycles. The minimum atomic E-state index is -2.34. The summed E-state index contributed by atoms with van der Waals surface area (Å²) in [4.78, 5) is 16.1. The summed E-state index contributed by atoms with van der Waals surface area (Å²) < 4.78 is 71.9. The lowest BCUT2D eigenvalue weighted by molar-refractivity contribution is 0.101. The van der Waals surface area contributed by atoms with Gasteiger partial charge in [-0.1, -0.05) is 0 Å². The highest BCUT2D eigenvalue weighted by Gasteiger charge is 2.30. The Labute approximate surface area is 153 Å². The van der Waals surface area contributed by atoms with Crippen LogP contribution in [0.4, 0.5) is 27.1 Å². The summed E-state index contributed by atoms with van der Waals surface area (Å²) in [6.45, 7) is 0. The van der Waals surface area contributed by atoms with Crippen LogP contribution in [0.5, 0.6) is 5.75 Å². The van der Waals surface area contributed by atoms with Crippen molar-refractivity contribution < 1.29 is 31.5 Å². The monoisotopic (exact) mass is 400 g/mol. The zero-order valence-electron chi connectivity index (χ0n) is 13.4. The zero-order chi connectivity index (χ0) is 19.7. The maximum absolute atomic E-state index is 13.7. The molecule has 0 saturated heterocycles. The molecule has 0 spiro atoms. The van der Waals surface area contributed by atoms with Crippen molar-refractivity contribution in [2.24, 2.45) is 0 Å². The van der Waals surface area contributed by atoms with Gasteiger partial charge in [0.15, 0.2) is 28.4 Å². The number of rotatable bonds is 4. The van der Waals surface area contributed by atoms with E-state index in [1.54, 1.807) is 29.6 Å². The SMILES string of the molecule is COc1ccc(-c2csc(NC(=O)c3c(F)c(F)c(F)c(F)c3F)n2)cc1. The number of amides is 1. The number of nitrogens with one attached hydrogen (secondary N) is 1. The third-order valence-corrected chi connectivity index (χ3v) is 4.31. The van der Waals surface area contributed by atoms with Gasteiger partial charge in [-0.05, 0) is 24.3 Å². The second kappa shape index (κ2) is 7.31. The molecule has 0 aliphatic rings. The Bertz CT molecular complexity index is 992. The van der Waals surface area contributed by atoms with E-state index in [0.29, 0.717) is 17.0 Å². The Hall–Kier alpha value is -3.01. The Morgan fingerprint density at radius 3 is 2.07 bits per heavy atom. The fourth-order valence-corrected chi connectivity index (χ4v) is 2.90. The third-order valence-electron chi connectivity index (χ3n) is 3.55. The topological polar surface area (TPSA) is 51.2 Å². The van der Waals surface area contributed by atoms with Crippen molar-refractivity contribution >= 4 is 22.4 Å². The summed E-state index contributed by atoms with van der Waals surface area (Å²) in [6.07, 6.45) is 0. The van der Waals surface area contributed by atoms with E-state index in [0.717, 1.165) is 11.3 Å². The van der Waals surface area contributed by atoms with Gasteiger partial charge in [0.1, 0.15) is 11.3 Å². The normalized spacial score (nSPS) is 10.7. The average Bonchev–Trinajstić information content (AvgIpc) is 3.13. The van der Waals surface area contributed by atoms with E-state index in [9.17, 15) is 26.7 Å². The van der Waals surface area contributed by atoms with Gasteiger partial charge >= 0.3 is 0 Å². The number of hydrogen-bond acceptors (Lipinski definition) is 4. The lowest BCUT2D eigenvalue weighted by atomic mass is 10.1. The number of nitrogens with zero attached hydrogens (tertiary/aromatic N) is 1. The van der Waals surface area contributed by atoms with Crippen LogP contribution in [0.1, 0.15) is 10.4 Å². The standard InChI is InChI=1S/C17H9F5N2O2S/c1-26-8-4-2-7(3-5-8)9-6-27-17(23-9)24-16(25)10-11(18)13(20)15(22)14(21)12(10)19/h2-6H,1H3,(H,23,24,25). The number of thiazole rings is 1. The number of anilines is 1. The van der Waals surface area contributed by atoms with Gasteiger partial charge in [-0.2, -0.15) is 0 Å². The summed E-state index contributed by atoms with van der Waals surface area (Å²) >= 11 is 0.920. The van der Waals surface area contributed by atoms with Crippen molar-refractivity contribution in [3.63, 3.8) is 0 Å². The van der Waals surface area contributed by atoms with E-state index in [2.05, 4.69) is 4.98 Å². The van der Waals surface area contributed by atoms with E-state index in [-0.39, 0.29) is 5.13 Å². The molecule has 10 heteroatoms. The van der Waals surface area contributed by atoms with E-state index in [4.69, 9.17) is 4.74 Å². The maximum atomic E-state index is 13.7. The van der Waals surface area contributed by atoms with E-state index in [1.807, 2.05) is 5.32 Å². The lowest BCUT2D eigenvalue weighted by Crippen LogP contribution is -2.19. The van der Waals surface area contributed by atoms with Gasteiger partial charge in [-0.3, -0.25) is 10.1 Å². The summed E-state index contributed by atoms with van der Waals surface area (Å²) in [5.41, 5.74) is -0.466. The quantitative estimate of drug-likeness (QED) is 0.390. The molecule has 140 valence electrons. The molecule has 0 aliphatic carbocycles. The minimum absolute atomic E-state index is 0.0743. The van der Waals surface area contributed by atoms with E-state index in [1.165, 1.54) is 7.11 Å². The molecule has 2 aromatic carbocycles. The summed E-state index contributed by atoms with van der Waals surface area (Å²) in [5, 5.41) is 3.51. The summed E-state index contributed by atoms with van der Waals surface area (Å²) in [6, 6.07) is 6.76. The van der Waals surface area contributed by atoms with E-state index >= 15 is 0 Å². The van der Waals surface area contributed by atoms with Gasteiger partial charge in [0, 0.05) is 10.9 Å². The van der Waals surface area contributed by atoms with Crippen molar-refractivity contribution in [2.75, 3.05) is 12.4 Å². The molecular weight excluding hydrogens is 391 g/mol. The average molecular weight is 400 g/mol. The van der Waals surface area contributed by atoms with Crippen LogP contribution in [0.25, 0.3) is 11.3 Å². The Balaban J connectivity index is 1.87. The number of carbonyl (C=O) groups excluding carboxylic acids is 1. The van der Waals surface area contributed by atoms with Crippen LogP contribution in [-0.2, 0) is 0 Å². The fraction of sp³-hybridized carbons (Fsp3) is 0.0588. The van der Waals surface area contributed by atoms with Gasteiger partial charge in [0.2, 0.25) is 5.82 Å². The smallest absolute Gasteiger partial charge is 0.263 e. The van der Waals surface area contributed by atoms with Crippen LogP contribution >= 0.6 is 11.3 Å². The van der Waals surface area contributed by atoms with Gasteiger partial charge in [0.25, 0.3) is 5.91 Å². The van der Waals surface area contributed by atoms with Gasteiger partial charge in [-0.15, -0.1) is 11.3 Å². The molecule has 1 aromatic heterocycles. The largest absolute Gasteiger partial charge is 0.497 e. The minimum Gasteiger partial charge on any atom is -0.497 e. The molecule has 0 atom stereocenters. The zero-order valence-corrected chi connectivity index (χ0v) is 14.3. The van der Waals surface area contributed by atoms with Crippen LogP contribution in [0, 0.1) is 29.1 Å². The van der Waals surface area contributed by atoms with Crippen molar-refractivity contribution in [1.82, 2.24) is 4.98 Å². The number of hydrogen-bond donors (Lipinski definition) is 1. The number of halogens is 5. The predicted octanol–water partition coefficient (Wildman–Crippen LogP) is 4.77. The molecule has 27 heavy (non-hydrogen) atoms. The molecular formula is C17H9F5N2O2S. The first-order chi connectivity index (χ1) is 12.8. The first-order valence-electron chi connectivity index (χ1n) is 7.26. The van der Waals surface area contributed by atoms with Crippen LogP contribution < -0.4 is 10.1 Å².